The zero-order valence-corrected chi connectivity index (χ0v) is 21.9. The molecule has 2 rings (SSSR count). The summed E-state index contributed by atoms with van der Waals surface area (Å²) in [6.45, 7) is 7.24. The molecule has 37 heavy (non-hydrogen) atoms. The molecule has 1 amide bonds. The monoisotopic (exact) mass is 512 g/mol. The van der Waals surface area contributed by atoms with Gasteiger partial charge in [0.15, 0.2) is 0 Å². The summed E-state index contributed by atoms with van der Waals surface area (Å²) < 4.78 is 10.3. The maximum absolute atomic E-state index is 13.2. The van der Waals surface area contributed by atoms with Crippen LogP contribution in [0.3, 0.4) is 0 Å². The number of benzene rings is 2. The first-order chi connectivity index (χ1) is 17.3. The minimum atomic E-state index is -1.52. The van der Waals surface area contributed by atoms with Gasteiger partial charge in [-0.1, -0.05) is 60.7 Å². The molecule has 3 N–H and O–H groups in total. The molecule has 0 radical (unpaired) electrons. The number of carboxylic acid groups (broad SMARTS) is 1. The Morgan fingerprint density at radius 3 is 1.73 bits per heavy atom. The highest BCUT2D eigenvalue weighted by Gasteiger charge is 2.34. The highest BCUT2D eigenvalue weighted by molar-refractivity contribution is 5.89. The second kappa shape index (κ2) is 13.0. The van der Waals surface area contributed by atoms with Crippen LogP contribution in [0.4, 0.5) is 0 Å². The van der Waals surface area contributed by atoms with Crippen molar-refractivity contribution in [3.05, 3.63) is 71.8 Å². The van der Waals surface area contributed by atoms with E-state index in [0.29, 0.717) is 0 Å². The quantitative estimate of drug-likeness (QED) is 0.292. The number of hydrogen-bond acceptors (Lipinski definition) is 7. The third-order valence-electron chi connectivity index (χ3n) is 5.54. The molecule has 0 saturated heterocycles. The van der Waals surface area contributed by atoms with Crippen LogP contribution >= 0.6 is 0 Å². The Kier molecular flexibility index (Phi) is 10.4. The van der Waals surface area contributed by atoms with Crippen molar-refractivity contribution in [2.45, 2.75) is 65.1 Å². The Balaban J connectivity index is 2.27. The Morgan fingerprint density at radius 2 is 1.27 bits per heavy atom. The summed E-state index contributed by atoms with van der Waals surface area (Å²) in [5.41, 5.74) is -0.656. The third-order valence-corrected chi connectivity index (χ3v) is 5.54. The van der Waals surface area contributed by atoms with Gasteiger partial charge in [-0.2, -0.15) is 0 Å². The number of rotatable bonds is 12. The molecule has 9 heteroatoms. The zero-order valence-electron chi connectivity index (χ0n) is 21.9. The van der Waals surface area contributed by atoms with Crippen LogP contribution in [0.2, 0.25) is 0 Å². The summed E-state index contributed by atoms with van der Waals surface area (Å²) in [5.74, 6) is -3.01. The van der Waals surface area contributed by atoms with Crippen LogP contribution in [0, 0.1) is 5.41 Å². The molecule has 0 aliphatic heterocycles. The number of carbonyl (C=O) groups excluding carboxylic acids is 3. The highest BCUT2D eigenvalue weighted by atomic mass is 16.7. The lowest BCUT2D eigenvalue weighted by Gasteiger charge is -2.28. The number of hydrogen-bond donors (Lipinski definition) is 3. The van der Waals surface area contributed by atoms with Gasteiger partial charge in [-0.3, -0.25) is 19.7 Å². The summed E-state index contributed by atoms with van der Waals surface area (Å²) >= 11 is 0. The predicted molar refractivity (Wildman–Crippen MR) is 137 cm³/mol. The molecule has 2 atom stereocenters. The van der Waals surface area contributed by atoms with Gasteiger partial charge >= 0.3 is 17.9 Å². The van der Waals surface area contributed by atoms with E-state index in [1.807, 2.05) is 60.7 Å². The fourth-order valence-electron chi connectivity index (χ4n) is 3.29. The van der Waals surface area contributed by atoms with Gasteiger partial charge in [0.25, 0.3) is 0 Å². The highest BCUT2D eigenvalue weighted by Crippen LogP contribution is 2.15. The van der Waals surface area contributed by atoms with E-state index in [4.69, 9.17) is 9.47 Å². The molecule has 1 unspecified atom stereocenters. The van der Waals surface area contributed by atoms with E-state index in [0.717, 1.165) is 11.1 Å². The molecule has 9 nitrogen and oxygen atoms in total. The van der Waals surface area contributed by atoms with Gasteiger partial charge < -0.3 is 19.9 Å². The molecule has 0 aliphatic rings. The van der Waals surface area contributed by atoms with Crippen molar-refractivity contribution >= 4 is 23.8 Å². The molecule has 0 spiro atoms. The maximum Gasteiger partial charge on any atom is 0.328 e. The van der Waals surface area contributed by atoms with Crippen LogP contribution in [-0.4, -0.2) is 53.3 Å². The van der Waals surface area contributed by atoms with Crippen molar-refractivity contribution in [1.82, 2.24) is 10.6 Å². The number of nitrogens with one attached hydrogen (secondary N) is 2. The summed E-state index contributed by atoms with van der Waals surface area (Å²) in [5, 5.41) is 15.1. The van der Waals surface area contributed by atoms with Gasteiger partial charge in [0.2, 0.25) is 12.7 Å². The van der Waals surface area contributed by atoms with E-state index in [2.05, 4.69) is 10.6 Å². The van der Waals surface area contributed by atoms with E-state index < -0.39 is 53.6 Å². The average Bonchev–Trinajstić information content (AvgIpc) is 2.83. The van der Waals surface area contributed by atoms with Crippen molar-refractivity contribution < 1.29 is 33.8 Å². The molecule has 0 saturated carbocycles. The maximum atomic E-state index is 13.2. The molecular weight excluding hydrogens is 476 g/mol. The molecule has 0 bridgehead atoms. The molecular formula is C28H36N2O7. The van der Waals surface area contributed by atoms with Gasteiger partial charge in [-0.05, 0) is 58.6 Å². The van der Waals surface area contributed by atoms with Gasteiger partial charge in [-0.15, -0.1) is 0 Å². The average molecular weight is 513 g/mol. The van der Waals surface area contributed by atoms with Crippen molar-refractivity contribution in [2.24, 2.45) is 5.41 Å². The fraction of sp³-hybridized carbons (Fsp3) is 0.429. The van der Waals surface area contributed by atoms with E-state index in [1.54, 1.807) is 20.8 Å². The minimum absolute atomic E-state index is 0.188. The van der Waals surface area contributed by atoms with Crippen LogP contribution in [0.15, 0.2) is 60.7 Å². The molecule has 2 aromatic rings. The van der Waals surface area contributed by atoms with E-state index in [-0.39, 0.29) is 12.8 Å². The number of aliphatic carboxylic acids is 1. The first-order valence-corrected chi connectivity index (χ1v) is 12.0. The van der Waals surface area contributed by atoms with Crippen molar-refractivity contribution in [3.8, 4) is 0 Å². The van der Waals surface area contributed by atoms with Crippen LogP contribution in [0.25, 0.3) is 0 Å². The normalized spacial score (nSPS) is 13.2. The lowest BCUT2D eigenvalue weighted by Crippen LogP contribution is -2.58. The Labute approximate surface area is 217 Å². The van der Waals surface area contributed by atoms with Gasteiger partial charge in [0.1, 0.15) is 11.6 Å². The van der Waals surface area contributed by atoms with Crippen LogP contribution < -0.4 is 10.6 Å². The van der Waals surface area contributed by atoms with E-state index >= 15 is 0 Å². The van der Waals surface area contributed by atoms with Gasteiger partial charge in [0, 0.05) is 0 Å². The number of carbonyl (C=O) groups is 4. The molecule has 200 valence electrons. The van der Waals surface area contributed by atoms with Crippen molar-refractivity contribution in [3.63, 3.8) is 0 Å². The lowest BCUT2D eigenvalue weighted by atomic mass is 9.98. The largest absolute Gasteiger partial charge is 0.480 e. The summed E-state index contributed by atoms with van der Waals surface area (Å²) in [4.78, 5) is 50.0. The summed E-state index contributed by atoms with van der Waals surface area (Å²) in [7, 11) is 0. The topological polar surface area (TPSA) is 131 Å². The third kappa shape index (κ3) is 9.69. The first-order valence-electron chi connectivity index (χ1n) is 12.0. The number of ether oxygens (including phenoxy) is 2. The van der Waals surface area contributed by atoms with Crippen LogP contribution in [0.1, 0.15) is 45.7 Å². The predicted octanol–water partition coefficient (Wildman–Crippen LogP) is 2.87. The Bertz CT molecular complexity index is 1060. The minimum Gasteiger partial charge on any atom is -0.480 e. The van der Waals surface area contributed by atoms with Crippen LogP contribution in [0.5, 0.6) is 0 Å². The molecule has 0 aliphatic carbocycles. The molecule has 0 aromatic heterocycles. The van der Waals surface area contributed by atoms with Gasteiger partial charge in [-0.25, -0.2) is 4.79 Å². The van der Waals surface area contributed by atoms with Gasteiger partial charge in [0.05, 0.1) is 11.5 Å². The smallest absolute Gasteiger partial charge is 0.328 e. The molecule has 0 heterocycles. The fourth-order valence-corrected chi connectivity index (χ4v) is 3.29. The lowest BCUT2D eigenvalue weighted by molar-refractivity contribution is -0.174. The van der Waals surface area contributed by atoms with E-state index in [9.17, 15) is 24.3 Å². The second-order valence-electron chi connectivity index (χ2n) is 10.3. The Hall–Kier alpha value is -3.72. The molecule has 0 fully saturated rings. The van der Waals surface area contributed by atoms with Crippen molar-refractivity contribution in [1.29, 1.82) is 0 Å². The molecule has 2 aromatic carbocycles. The SMILES string of the molecule is CC(C)(C)C(=O)OCOC(=O)C(Cc1ccccc1)N[C@@H](Cc1ccccc1)C(=O)NC(C)(C)C(=O)O. The zero-order chi connectivity index (χ0) is 27.6. The van der Waals surface area contributed by atoms with Crippen molar-refractivity contribution in [2.75, 3.05) is 6.79 Å². The number of carboxylic acids is 1. The standard InChI is InChI=1S/C28H36N2O7/c1-27(2,3)26(35)37-18-36-24(32)22(17-20-14-10-7-11-15-20)29-21(16-19-12-8-6-9-13-19)23(31)30-28(4,5)25(33)34/h6-15,21-22,29H,16-18H2,1-5H3,(H,30,31)(H,33,34)/t21-,22?/m0/s1. The van der Waals surface area contributed by atoms with Crippen LogP contribution in [-0.2, 0) is 41.5 Å². The Morgan fingerprint density at radius 1 is 0.784 bits per heavy atom. The first kappa shape index (κ1) is 29.5. The second-order valence-corrected chi connectivity index (χ2v) is 10.3. The number of esters is 2. The summed E-state index contributed by atoms with van der Waals surface area (Å²) in [6, 6.07) is 16.4. The number of amides is 1. The summed E-state index contributed by atoms with van der Waals surface area (Å²) in [6.07, 6.45) is 0.383. The van der Waals surface area contributed by atoms with E-state index in [1.165, 1.54) is 13.8 Å².